The van der Waals surface area contributed by atoms with E-state index in [1.54, 1.807) is 32.9 Å². The number of rotatable bonds is 11. The third kappa shape index (κ3) is 6.15. The third-order valence-electron chi connectivity index (χ3n) is 6.17. The first-order chi connectivity index (χ1) is 18.5. The van der Waals surface area contributed by atoms with Crippen LogP contribution in [0.2, 0.25) is 5.02 Å². The minimum Gasteiger partial charge on any atom is -0.469 e. The fraction of sp³-hybridized carbons (Fsp3) is 0.296. The lowest BCUT2D eigenvalue weighted by Crippen LogP contribution is -2.32. The van der Waals surface area contributed by atoms with E-state index in [9.17, 15) is 21.6 Å². The SMILES string of the molecule is CCOC(=O)c1oc2ccc(S(=O)(=O)N(CC)c3ccc(Cl)cc3CS(=O)(=O)CCc3ccco3)cc2c1C. The molecule has 0 N–H and O–H groups in total. The van der Waals surface area contributed by atoms with Crippen molar-refractivity contribution in [2.45, 2.75) is 37.8 Å². The van der Waals surface area contributed by atoms with Crippen LogP contribution >= 0.6 is 11.6 Å². The fourth-order valence-electron chi connectivity index (χ4n) is 4.28. The Morgan fingerprint density at radius 2 is 1.82 bits per heavy atom. The quantitative estimate of drug-likeness (QED) is 0.208. The normalized spacial score (nSPS) is 12.1. The molecule has 0 spiro atoms. The Kier molecular flexibility index (Phi) is 8.43. The Morgan fingerprint density at radius 3 is 2.49 bits per heavy atom. The molecule has 12 heteroatoms. The highest BCUT2D eigenvalue weighted by atomic mass is 35.5. The molecule has 0 unspecified atom stereocenters. The molecule has 0 atom stereocenters. The maximum absolute atomic E-state index is 13.9. The number of nitrogens with zero attached hydrogens (tertiary/aromatic N) is 1. The number of hydrogen-bond donors (Lipinski definition) is 0. The summed E-state index contributed by atoms with van der Waals surface area (Å²) < 4.78 is 70.7. The van der Waals surface area contributed by atoms with E-state index in [2.05, 4.69) is 0 Å². The number of fused-ring (bicyclic) bond motifs is 1. The van der Waals surface area contributed by atoms with Gasteiger partial charge in [0, 0.05) is 28.9 Å². The fourth-order valence-corrected chi connectivity index (χ4v) is 7.38. The van der Waals surface area contributed by atoms with E-state index in [1.807, 2.05) is 0 Å². The molecule has 39 heavy (non-hydrogen) atoms. The van der Waals surface area contributed by atoms with Crippen molar-refractivity contribution in [1.82, 2.24) is 0 Å². The summed E-state index contributed by atoms with van der Waals surface area (Å²) in [6, 6.07) is 12.2. The Morgan fingerprint density at radius 1 is 1.05 bits per heavy atom. The van der Waals surface area contributed by atoms with Gasteiger partial charge in [0.05, 0.1) is 35.0 Å². The van der Waals surface area contributed by atoms with Crippen LogP contribution in [0.25, 0.3) is 11.0 Å². The van der Waals surface area contributed by atoms with Gasteiger partial charge < -0.3 is 13.6 Å². The summed E-state index contributed by atoms with van der Waals surface area (Å²) in [5, 5.41) is 0.734. The zero-order chi connectivity index (χ0) is 28.4. The zero-order valence-corrected chi connectivity index (χ0v) is 24.0. The number of carbonyl (C=O) groups is 1. The van der Waals surface area contributed by atoms with Gasteiger partial charge in [-0.25, -0.2) is 21.6 Å². The topological polar surface area (TPSA) is 124 Å². The van der Waals surface area contributed by atoms with Crippen LogP contribution in [-0.2, 0) is 36.8 Å². The Labute approximate surface area is 232 Å². The molecular weight excluding hydrogens is 566 g/mol. The smallest absolute Gasteiger partial charge is 0.374 e. The van der Waals surface area contributed by atoms with E-state index in [1.165, 1.54) is 42.7 Å². The Balaban J connectivity index is 1.70. The molecule has 0 aliphatic heterocycles. The molecular formula is C27H28ClNO8S2. The monoisotopic (exact) mass is 593 g/mol. The Hall–Kier alpha value is -3.28. The number of anilines is 1. The van der Waals surface area contributed by atoms with Crippen molar-refractivity contribution in [3.05, 3.63) is 82.5 Å². The van der Waals surface area contributed by atoms with Gasteiger partial charge in [0.25, 0.3) is 10.0 Å². The van der Waals surface area contributed by atoms with E-state index >= 15 is 0 Å². The van der Waals surface area contributed by atoms with E-state index in [0.29, 0.717) is 22.3 Å². The lowest BCUT2D eigenvalue weighted by Gasteiger charge is -2.25. The summed E-state index contributed by atoms with van der Waals surface area (Å²) in [4.78, 5) is 12.2. The standard InChI is InChI=1S/C27H28ClNO8S2/c1-4-29(24-10-8-20(28)15-19(24)17-38(31,32)14-12-21-7-6-13-36-21)39(33,34)22-9-11-25-23(16-22)18(3)26(37-25)27(30)35-5-2/h6-11,13,15-16H,4-5,12,14,17H2,1-3H3. The van der Waals surface area contributed by atoms with Crippen LogP contribution in [0.1, 0.15) is 41.3 Å². The maximum Gasteiger partial charge on any atom is 0.374 e. The van der Waals surface area contributed by atoms with Gasteiger partial charge in [-0.15, -0.1) is 0 Å². The minimum absolute atomic E-state index is 0.00786. The third-order valence-corrected chi connectivity index (χ3v) is 9.87. The first-order valence-electron chi connectivity index (χ1n) is 12.2. The number of halogens is 1. The van der Waals surface area contributed by atoms with Crippen LogP contribution in [0.15, 0.2) is 68.5 Å². The molecule has 9 nitrogen and oxygen atoms in total. The van der Waals surface area contributed by atoms with Gasteiger partial charge in [0.15, 0.2) is 9.84 Å². The number of aryl methyl sites for hydroxylation is 2. The van der Waals surface area contributed by atoms with Crippen LogP contribution in [0.5, 0.6) is 0 Å². The Bertz CT molecular complexity index is 1710. The van der Waals surface area contributed by atoms with Crippen LogP contribution in [0.4, 0.5) is 5.69 Å². The van der Waals surface area contributed by atoms with Crippen molar-refractivity contribution in [3.63, 3.8) is 0 Å². The lowest BCUT2D eigenvalue weighted by atomic mass is 10.1. The number of benzene rings is 2. The molecule has 0 saturated heterocycles. The van der Waals surface area contributed by atoms with Gasteiger partial charge in [0.1, 0.15) is 11.3 Å². The summed E-state index contributed by atoms with van der Waals surface area (Å²) >= 11 is 6.19. The molecule has 0 aliphatic carbocycles. The molecule has 2 aromatic heterocycles. The molecule has 4 rings (SSSR count). The van der Waals surface area contributed by atoms with Crippen molar-refractivity contribution in [3.8, 4) is 0 Å². The van der Waals surface area contributed by atoms with Crippen molar-refractivity contribution < 1.29 is 35.2 Å². The van der Waals surface area contributed by atoms with Crippen molar-refractivity contribution in [1.29, 1.82) is 0 Å². The van der Waals surface area contributed by atoms with Gasteiger partial charge in [0.2, 0.25) is 5.76 Å². The summed E-state index contributed by atoms with van der Waals surface area (Å²) in [7, 11) is -7.79. The highest BCUT2D eigenvalue weighted by molar-refractivity contribution is 7.93. The first kappa shape index (κ1) is 28.7. The van der Waals surface area contributed by atoms with E-state index in [-0.39, 0.29) is 52.3 Å². The number of furan rings is 2. The van der Waals surface area contributed by atoms with Crippen LogP contribution < -0.4 is 4.31 Å². The predicted octanol–water partition coefficient (Wildman–Crippen LogP) is 5.54. The molecule has 2 aromatic carbocycles. The molecule has 0 fully saturated rings. The largest absolute Gasteiger partial charge is 0.469 e. The number of carbonyl (C=O) groups excluding carboxylic acids is 1. The minimum atomic E-state index is -4.15. The summed E-state index contributed by atoms with van der Waals surface area (Å²) in [6.45, 7) is 5.18. The molecule has 2 heterocycles. The molecule has 0 saturated carbocycles. The first-order valence-corrected chi connectivity index (χ1v) is 15.8. The van der Waals surface area contributed by atoms with Gasteiger partial charge in [-0.3, -0.25) is 4.31 Å². The van der Waals surface area contributed by atoms with Crippen LogP contribution in [0.3, 0.4) is 0 Å². The van der Waals surface area contributed by atoms with Crippen molar-refractivity contribution in [2.75, 3.05) is 23.2 Å². The summed E-state index contributed by atoms with van der Waals surface area (Å²) in [5.74, 6) is -0.666. The maximum atomic E-state index is 13.9. The van der Waals surface area contributed by atoms with Gasteiger partial charge in [-0.2, -0.15) is 0 Å². The molecule has 4 aromatic rings. The van der Waals surface area contributed by atoms with Crippen molar-refractivity contribution >= 4 is 54.1 Å². The average molecular weight is 594 g/mol. The second-order valence-corrected chi connectivity index (χ2v) is 13.3. The highest BCUT2D eigenvalue weighted by Gasteiger charge is 2.29. The van der Waals surface area contributed by atoms with Crippen molar-refractivity contribution in [2.24, 2.45) is 0 Å². The van der Waals surface area contributed by atoms with E-state index < -0.39 is 31.6 Å². The molecule has 0 aliphatic rings. The van der Waals surface area contributed by atoms with Gasteiger partial charge >= 0.3 is 5.97 Å². The summed E-state index contributed by atoms with van der Waals surface area (Å²) in [6.07, 6.45) is 1.67. The number of esters is 1. The second-order valence-electron chi connectivity index (χ2n) is 8.80. The number of sulfone groups is 1. The second kappa shape index (κ2) is 11.4. The molecule has 208 valence electrons. The molecule has 0 radical (unpaired) electrons. The molecule has 0 amide bonds. The average Bonchev–Trinajstić information content (AvgIpc) is 3.52. The zero-order valence-electron chi connectivity index (χ0n) is 21.6. The van der Waals surface area contributed by atoms with Gasteiger partial charge in [-0.1, -0.05) is 11.6 Å². The summed E-state index contributed by atoms with van der Waals surface area (Å²) in [5.41, 5.74) is 1.27. The number of hydrogen-bond acceptors (Lipinski definition) is 8. The van der Waals surface area contributed by atoms with Gasteiger partial charge in [-0.05, 0) is 74.9 Å². The lowest BCUT2D eigenvalue weighted by molar-refractivity contribution is 0.0491. The van der Waals surface area contributed by atoms with Crippen LogP contribution in [-0.4, -0.2) is 41.7 Å². The van der Waals surface area contributed by atoms with E-state index in [0.717, 1.165) is 4.31 Å². The molecule has 0 bridgehead atoms. The predicted molar refractivity (Wildman–Crippen MR) is 148 cm³/mol. The number of sulfonamides is 1. The van der Waals surface area contributed by atoms with Crippen LogP contribution in [0, 0.1) is 6.92 Å². The van der Waals surface area contributed by atoms with E-state index in [4.69, 9.17) is 25.2 Å². The highest BCUT2D eigenvalue weighted by Crippen LogP contribution is 2.33. The number of ether oxygens (including phenoxy) is 1.